The Morgan fingerprint density at radius 3 is 2.05 bits per heavy atom. The Bertz CT molecular complexity index is 1320. The topological polar surface area (TPSA) is 4.36 Å². The van der Waals surface area contributed by atoms with Crippen LogP contribution in [0.1, 0.15) is 115 Å². The second-order valence-corrected chi connectivity index (χ2v) is 14.1. The molecule has 2 atom stereocenters. The lowest BCUT2D eigenvalue weighted by Crippen LogP contribution is -2.24. The minimum absolute atomic E-state index is 0.0375. The molecule has 0 bridgehead atoms. The van der Waals surface area contributed by atoms with Crippen molar-refractivity contribution in [3.05, 3.63) is 123 Å². The van der Waals surface area contributed by atoms with Crippen LogP contribution in [0.4, 0.5) is 0 Å². The summed E-state index contributed by atoms with van der Waals surface area (Å²) in [4.78, 5) is 4.54. The van der Waals surface area contributed by atoms with Gasteiger partial charge >= 0.3 is 6.04 Å². The molecule has 1 fully saturated rings. The van der Waals surface area contributed by atoms with Gasteiger partial charge in [0.1, 0.15) is 0 Å². The summed E-state index contributed by atoms with van der Waals surface area (Å²) in [6, 6.07) is 2.93. The standard InChI is InChI=1S/C42H60N/c1-12-43-38(31-35(5)20-14-19-34(4)25-28-40-37(7)22-16-30-42(40,10)11)26-23-32(2)17-13-18-33(3)24-27-39-36(6)21-15-29-41(39,8)9/h13-14,17-20,23-28,31,36,38H,15-16,21-22,29-30H2,1-11H3/q+1/b18-13+,20-14+,26-23+,28-25+,32-17+,33-24+,34-19+,35-31+,39-27+. The second kappa shape index (κ2) is 17.3. The van der Waals surface area contributed by atoms with Crippen molar-refractivity contribution in [1.29, 1.82) is 0 Å². The SMILES string of the molecule is CC#[N+]C(/C=C/C(C)=C/C=C/C(C)=C/C=C1\C(C)CCCC1(C)C)/C=C(C)/C=C/C=C(C)/C=C/C1=C(C)CCCC1(C)C. The molecule has 2 unspecified atom stereocenters. The van der Waals surface area contributed by atoms with Gasteiger partial charge < -0.3 is 0 Å². The first-order valence-corrected chi connectivity index (χ1v) is 16.5. The molecule has 43 heavy (non-hydrogen) atoms. The minimum atomic E-state index is -0.0375. The Morgan fingerprint density at radius 1 is 0.814 bits per heavy atom. The molecule has 0 aromatic heterocycles. The molecule has 2 aliphatic carbocycles. The first-order valence-electron chi connectivity index (χ1n) is 16.5. The number of allylic oxidation sites excluding steroid dienone is 18. The summed E-state index contributed by atoms with van der Waals surface area (Å²) < 4.78 is 0. The van der Waals surface area contributed by atoms with E-state index in [0.717, 1.165) is 0 Å². The summed E-state index contributed by atoms with van der Waals surface area (Å²) in [6.45, 7) is 24.7. The first-order chi connectivity index (χ1) is 20.2. The third-order valence-electron chi connectivity index (χ3n) is 9.04. The van der Waals surface area contributed by atoms with Crippen molar-refractivity contribution >= 4 is 0 Å². The molecule has 232 valence electrons. The largest absolute Gasteiger partial charge is 0.309 e. The van der Waals surface area contributed by atoms with Crippen molar-refractivity contribution in [2.75, 3.05) is 0 Å². The van der Waals surface area contributed by atoms with Gasteiger partial charge in [-0.15, -0.1) is 0 Å². The maximum absolute atomic E-state index is 4.54. The van der Waals surface area contributed by atoms with Crippen LogP contribution in [0.5, 0.6) is 0 Å². The van der Waals surface area contributed by atoms with E-state index in [1.807, 2.05) is 6.92 Å². The average molecular weight is 579 g/mol. The zero-order chi connectivity index (χ0) is 32.0. The Morgan fingerprint density at radius 2 is 1.42 bits per heavy atom. The van der Waals surface area contributed by atoms with Crippen molar-refractivity contribution in [3.8, 4) is 6.07 Å². The maximum atomic E-state index is 4.54. The van der Waals surface area contributed by atoms with Crippen molar-refractivity contribution in [2.45, 2.75) is 121 Å². The molecule has 0 N–H and O–H groups in total. The van der Waals surface area contributed by atoms with Gasteiger partial charge in [0, 0.05) is 12.2 Å². The van der Waals surface area contributed by atoms with E-state index in [4.69, 9.17) is 0 Å². The predicted octanol–water partition coefficient (Wildman–Crippen LogP) is 13.0. The van der Waals surface area contributed by atoms with E-state index in [0.29, 0.717) is 11.3 Å². The average Bonchev–Trinajstić information content (AvgIpc) is 2.90. The molecule has 1 nitrogen and oxygen atoms in total. The normalized spacial score (nSPS) is 24.1. The van der Waals surface area contributed by atoms with E-state index in [1.165, 1.54) is 72.0 Å². The fraction of sp³-hybridized carbons (Fsp3) is 0.500. The lowest BCUT2D eigenvalue weighted by Gasteiger charge is -2.37. The zero-order valence-electron chi connectivity index (χ0n) is 29.4. The van der Waals surface area contributed by atoms with Crippen LogP contribution in [0.25, 0.3) is 4.85 Å². The summed E-state index contributed by atoms with van der Waals surface area (Å²) in [7, 11) is 0. The van der Waals surface area contributed by atoms with Crippen LogP contribution in [-0.4, -0.2) is 6.04 Å². The van der Waals surface area contributed by atoms with Gasteiger partial charge in [-0.1, -0.05) is 141 Å². The quantitative estimate of drug-likeness (QED) is 0.227. The molecule has 0 heterocycles. The van der Waals surface area contributed by atoms with Gasteiger partial charge in [0.25, 0.3) is 6.07 Å². The second-order valence-electron chi connectivity index (χ2n) is 14.1. The van der Waals surface area contributed by atoms with Crippen LogP contribution in [0.3, 0.4) is 0 Å². The van der Waals surface area contributed by atoms with Gasteiger partial charge in [-0.3, -0.25) is 0 Å². The number of hydrogen-bond donors (Lipinski definition) is 0. The molecule has 2 rings (SSSR count). The summed E-state index contributed by atoms with van der Waals surface area (Å²) in [5.41, 5.74) is 10.1. The Balaban J connectivity index is 2.02. The number of nitrogens with zero attached hydrogens (tertiary/aromatic N) is 1. The molecule has 0 aromatic rings. The van der Waals surface area contributed by atoms with E-state index >= 15 is 0 Å². The van der Waals surface area contributed by atoms with Gasteiger partial charge in [0.15, 0.2) is 0 Å². The summed E-state index contributed by atoms with van der Waals surface area (Å²) in [5.74, 6) is 0.678. The highest BCUT2D eigenvalue weighted by Crippen LogP contribution is 2.43. The van der Waals surface area contributed by atoms with Crippen LogP contribution < -0.4 is 0 Å². The Hall–Kier alpha value is -3.11. The Kier molecular flexibility index (Phi) is 14.5. The van der Waals surface area contributed by atoms with Crippen LogP contribution in [0.2, 0.25) is 0 Å². The van der Waals surface area contributed by atoms with Crippen molar-refractivity contribution < 1.29 is 0 Å². The number of rotatable bonds is 10. The number of hydrogen-bond acceptors (Lipinski definition) is 0. The molecular formula is C42H60N+. The van der Waals surface area contributed by atoms with Crippen molar-refractivity contribution in [1.82, 2.24) is 0 Å². The minimum Gasteiger partial charge on any atom is -0.0715 e. The van der Waals surface area contributed by atoms with Crippen LogP contribution >= 0.6 is 0 Å². The third-order valence-corrected chi connectivity index (χ3v) is 9.04. The molecule has 0 spiro atoms. The molecular weight excluding hydrogens is 518 g/mol. The summed E-state index contributed by atoms with van der Waals surface area (Å²) >= 11 is 0. The highest BCUT2D eigenvalue weighted by molar-refractivity contribution is 5.38. The predicted molar refractivity (Wildman–Crippen MR) is 194 cm³/mol. The summed E-state index contributed by atoms with van der Waals surface area (Å²) in [6.07, 6.45) is 36.4. The molecule has 2 aliphatic rings. The third kappa shape index (κ3) is 12.6. The van der Waals surface area contributed by atoms with Gasteiger partial charge in [0.2, 0.25) is 0 Å². The van der Waals surface area contributed by atoms with Crippen LogP contribution in [0, 0.1) is 22.8 Å². The van der Waals surface area contributed by atoms with E-state index in [2.05, 4.69) is 159 Å². The lowest BCUT2D eigenvalue weighted by molar-refractivity contribution is 0.290. The molecule has 0 saturated heterocycles. The molecule has 0 radical (unpaired) electrons. The van der Waals surface area contributed by atoms with Gasteiger partial charge in [0.05, 0.1) is 6.92 Å². The van der Waals surface area contributed by atoms with E-state index in [9.17, 15) is 0 Å². The van der Waals surface area contributed by atoms with Crippen molar-refractivity contribution in [2.24, 2.45) is 16.7 Å². The fourth-order valence-electron chi connectivity index (χ4n) is 6.38. The fourth-order valence-corrected chi connectivity index (χ4v) is 6.38. The van der Waals surface area contributed by atoms with E-state index < -0.39 is 0 Å². The monoisotopic (exact) mass is 578 g/mol. The molecule has 0 amide bonds. The lowest BCUT2D eigenvalue weighted by atomic mass is 9.68. The molecule has 1 saturated carbocycles. The molecule has 0 aromatic carbocycles. The van der Waals surface area contributed by atoms with Crippen LogP contribution in [0.15, 0.2) is 118 Å². The van der Waals surface area contributed by atoms with Gasteiger partial charge in [-0.25, -0.2) is 0 Å². The Labute approximate surface area is 265 Å². The maximum Gasteiger partial charge on any atom is 0.309 e. The van der Waals surface area contributed by atoms with Gasteiger partial charge in [-0.05, 0) is 94.6 Å². The summed E-state index contributed by atoms with van der Waals surface area (Å²) in [5, 5.41) is 0. The molecule has 0 aliphatic heterocycles. The smallest absolute Gasteiger partial charge is 0.0715 e. The van der Waals surface area contributed by atoms with Gasteiger partial charge in [-0.2, -0.15) is 0 Å². The highest BCUT2D eigenvalue weighted by Gasteiger charge is 2.30. The van der Waals surface area contributed by atoms with E-state index in [1.54, 1.807) is 5.57 Å². The molecule has 1 heteroatoms. The van der Waals surface area contributed by atoms with E-state index in [-0.39, 0.29) is 11.5 Å². The van der Waals surface area contributed by atoms with Crippen LogP contribution in [-0.2, 0) is 0 Å². The zero-order valence-corrected chi connectivity index (χ0v) is 29.4. The van der Waals surface area contributed by atoms with Crippen molar-refractivity contribution in [3.63, 3.8) is 0 Å². The first kappa shape index (κ1) is 36.1. The highest BCUT2D eigenvalue weighted by atomic mass is 14.7.